The molecule has 0 nitrogen and oxygen atoms in total. The van der Waals surface area contributed by atoms with Crippen molar-refractivity contribution in [2.24, 2.45) is 0 Å². The SMILES string of the molecule is [CH-]=C.[Cu+].[SnH3]. The van der Waals surface area contributed by atoms with Crippen LogP contribution >= 0.6 is 0 Å². The normalized spacial score (nSPS) is 1.00. The van der Waals surface area contributed by atoms with Crippen molar-refractivity contribution in [1.82, 2.24) is 0 Å². The fraction of sp³-hybridized carbons (Fsp3) is 0. The van der Waals surface area contributed by atoms with Crippen LogP contribution in [0.5, 0.6) is 0 Å². The molecule has 0 aromatic heterocycles. The molecule has 1 radical (unpaired) electrons. The molecule has 0 unspecified atom stereocenters. The molecule has 0 bridgehead atoms. The van der Waals surface area contributed by atoms with Gasteiger partial charge in [0.1, 0.15) is 0 Å². The summed E-state index contributed by atoms with van der Waals surface area (Å²) in [6.07, 6.45) is 0. The van der Waals surface area contributed by atoms with Crippen LogP contribution in [0.2, 0.25) is 0 Å². The van der Waals surface area contributed by atoms with Crippen molar-refractivity contribution in [3.63, 3.8) is 0 Å². The van der Waals surface area contributed by atoms with Crippen LogP contribution in [0.25, 0.3) is 0 Å². The fourth-order valence-corrected chi connectivity index (χ4v) is 0. The van der Waals surface area contributed by atoms with E-state index in [2.05, 4.69) is 13.2 Å². The summed E-state index contributed by atoms with van der Waals surface area (Å²) in [5.41, 5.74) is 0. The van der Waals surface area contributed by atoms with Gasteiger partial charge in [0, 0.05) is 0 Å². The predicted octanol–water partition coefficient (Wildman–Crippen LogP) is -0.581. The van der Waals surface area contributed by atoms with Crippen LogP contribution < -0.4 is 0 Å². The van der Waals surface area contributed by atoms with Crippen LogP contribution in [-0.2, 0) is 17.1 Å². The monoisotopic (exact) mass is 213 g/mol. The Bertz CT molecular complexity index is 6.00. The van der Waals surface area contributed by atoms with E-state index in [0.717, 1.165) is 0 Å². The molecule has 0 heterocycles. The van der Waals surface area contributed by atoms with Gasteiger partial charge in [-0.15, -0.1) is 0 Å². The first-order valence-electron chi connectivity index (χ1n) is 0.408. The second-order valence-corrected chi connectivity index (χ2v) is 0. The quantitative estimate of drug-likeness (QED) is 0.372. The third-order valence-electron chi connectivity index (χ3n) is 0. The molecule has 2 heteroatoms. The van der Waals surface area contributed by atoms with Gasteiger partial charge in [-0.3, -0.25) is 6.58 Å². The Morgan fingerprint density at radius 2 is 1.25 bits per heavy atom. The Hall–Kier alpha value is 1.06. The van der Waals surface area contributed by atoms with Gasteiger partial charge in [0.2, 0.25) is 0 Å². The molecule has 29 valence electrons. The minimum absolute atomic E-state index is 0. The summed E-state index contributed by atoms with van der Waals surface area (Å²) in [7, 11) is 0. The summed E-state index contributed by atoms with van der Waals surface area (Å²) in [6.45, 7) is 7.00. The first-order valence-corrected chi connectivity index (χ1v) is 0.408. The summed E-state index contributed by atoms with van der Waals surface area (Å²) < 4.78 is 0. The average molecular weight is 212 g/mol. The van der Waals surface area contributed by atoms with Crippen molar-refractivity contribution in [1.29, 1.82) is 0 Å². The first-order chi connectivity index (χ1) is 1.00. The van der Waals surface area contributed by atoms with Crippen LogP contribution in [-0.4, -0.2) is 23.9 Å². The van der Waals surface area contributed by atoms with E-state index in [4.69, 9.17) is 0 Å². The molecule has 0 aliphatic rings. The molecule has 0 amide bonds. The average Bonchev–Trinajstić information content (AvgIpc) is 1.00. The number of hydrogen-bond donors (Lipinski definition) is 0. The Balaban J connectivity index is -0.00000000500. The molecule has 0 spiro atoms. The maximum atomic E-state index is 4.25. The van der Waals surface area contributed by atoms with E-state index in [1.165, 1.54) is 0 Å². The Morgan fingerprint density at radius 3 is 1.25 bits per heavy atom. The Kier molecular flexibility index (Phi) is 167. The summed E-state index contributed by atoms with van der Waals surface area (Å²) >= 11 is 0. The van der Waals surface area contributed by atoms with Gasteiger partial charge >= 0.3 is 41.0 Å². The van der Waals surface area contributed by atoms with Gasteiger partial charge in [-0.05, 0) is 0 Å². The van der Waals surface area contributed by atoms with Gasteiger partial charge in [-0.25, -0.2) is 0 Å². The summed E-state index contributed by atoms with van der Waals surface area (Å²) in [5, 5.41) is 0. The van der Waals surface area contributed by atoms with Gasteiger partial charge in [0.05, 0.1) is 0 Å². The van der Waals surface area contributed by atoms with E-state index in [9.17, 15) is 0 Å². The number of rotatable bonds is 0. The molecular formula is C2H6CuSn. The topological polar surface area (TPSA) is 0 Å². The van der Waals surface area contributed by atoms with Crippen molar-refractivity contribution in [3.05, 3.63) is 13.2 Å². The molecule has 0 aliphatic carbocycles. The fourth-order valence-electron chi connectivity index (χ4n) is 0. The molecule has 0 fully saturated rings. The molecule has 0 saturated carbocycles. The van der Waals surface area contributed by atoms with Gasteiger partial charge in [-0.1, -0.05) is 0 Å². The van der Waals surface area contributed by atoms with E-state index in [1.807, 2.05) is 0 Å². The molecule has 0 rings (SSSR count). The standard InChI is InChI=1S/C2H3.Cu.Sn.3H/c1-2;;;;;/h1H,2H2;;;;;/q-1;+1;;;;. The molecule has 0 atom stereocenters. The maximum absolute atomic E-state index is 4.25. The van der Waals surface area contributed by atoms with Gasteiger partial charge < -0.3 is 6.58 Å². The third kappa shape index (κ3) is 11.6. The molecule has 0 aromatic rings. The van der Waals surface area contributed by atoms with E-state index >= 15 is 0 Å². The zero-order valence-corrected chi connectivity index (χ0v) is 9.24. The predicted molar refractivity (Wildman–Crippen MR) is 19.9 cm³/mol. The zero-order valence-electron chi connectivity index (χ0n) is 2.59. The van der Waals surface area contributed by atoms with Crippen molar-refractivity contribution in [2.75, 3.05) is 0 Å². The van der Waals surface area contributed by atoms with Gasteiger partial charge in [0.25, 0.3) is 0 Å². The molecule has 0 aromatic carbocycles. The molecule has 0 N–H and O–H groups in total. The molecule has 4 heavy (non-hydrogen) atoms. The van der Waals surface area contributed by atoms with Crippen LogP contribution in [0.1, 0.15) is 0 Å². The van der Waals surface area contributed by atoms with E-state index < -0.39 is 0 Å². The Labute approximate surface area is 54.1 Å². The van der Waals surface area contributed by atoms with E-state index in [-0.39, 0.29) is 41.0 Å². The number of hydrogen-bond acceptors (Lipinski definition) is 0. The summed E-state index contributed by atoms with van der Waals surface area (Å²) in [5.74, 6) is 0. The summed E-state index contributed by atoms with van der Waals surface area (Å²) in [6, 6.07) is 0. The second-order valence-electron chi connectivity index (χ2n) is 0. The van der Waals surface area contributed by atoms with Gasteiger partial charge in [0.15, 0.2) is 0 Å². The zero-order chi connectivity index (χ0) is 2.00. The molecular weight excluding hydrogens is 206 g/mol. The van der Waals surface area contributed by atoms with Crippen molar-refractivity contribution in [3.8, 4) is 0 Å². The second kappa shape index (κ2) is 33.9. The van der Waals surface area contributed by atoms with Crippen molar-refractivity contribution < 1.29 is 17.1 Å². The molecule has 0 saturated heterocycles. The van der Waals surface area contributed by atoms with Crippen LogP contribution in [0.3, 0.4) is 0 Å². The minimum atomic E-state index is 0. The van der Waals surface area contributed by atoms with Crippen LogP contribution in [0, 0.1) is 6.58 Å². The third-order valence-corrected chi connectivity index (χ3v) is 0. The van der Waals surface area contributed by atoms with Crippen molar-refractivity contribution >= 4 is 23.9 Å². The van der Waals surface area contributed by atoms with Crippen LogP contribution in [0.15, 0.2) is 6.58 Å². The van der Waals surface area contributed by atoms with E-state index in [0.29, 0.717) is 0 Å². The van der Waals surface area contributed by atoms with Crippen LogP contribution in [0.4, 0.5) is 0 Å². The van der Waals surface area contributed by atoms with E-state index in [1.54, 1.807) is 0 Å². The molecule has 0 aliphatic heterocycles. The summed E-state index contributed by atoms with van der Waals surface area (Å²) in [4.78, 5) is 0. The first kappa shape index (κ1) is 19.7. The Morgan fingerprint density at radius 1 is 1.25 bits per heavy atom. The van der Waals surface area contributed by atoms with Crippen molar-refractivity contribution in [2.45, 2.75) is 0 Å². The van der Waals surface area contributed by atoms with Gasteiger partial charge in [-0.2, -0.15) is 0 Å².